The molecule has 79 heavy (non-hydrogen) atoms. The predicted molar refractivity (Wildman–Crippen MR) is 347 cm³/mol. The lowest BCUT2D eigenvalue weighted by Crippen LogP contribution is -2.45. The summed E-state index contributed by atoms with van der Waals surface area (Å²) < 4.78 is 5.51. The van der Waals surface area contributed by atoms with Gasteiger partial charge in [-0.05, 0) is 51.4 Å². The highest BCUT2D eigenvalue weighted by Gasteiger charge is 2.20. The quantitative estimate of drug-likeness (QED) is 0.0320. The molecule has 0 fully saturated rings. The van der Waals surface area contributed by atoms with Gasteiger partial charge < -0.3 is 20.3 Å². The summed E-state index contributed by atoms with van der Waals surface area (Å²) in [4.78, 5) is 24.6. The minimum absolute atomic E-state index is 0.0231. The Balaban J connectivity index is 3.32. The van der Waals surface area contributed by atoms with Gasteiger partial charge in [-0.2, -0.15) is 0 Å². The number of hydrogen-bond donors (Lipinski definition) is 3. The molecular formula is C73H143NO5. The van der Waals surface area contributed by atoms with Crippen molar-refractivity contribution in [3.63, 3.8) is 0 Å². The van der Waals surface area contributed by atoms with Gasteiger partial charge in [0.1, 0.15) is 0 Å². The van der Waals surface area contributed by atoms with Crippen LogP contribution in [0.15, 0.2) is 12.2 Å². The lowest BCUT2D eigenvalue weighted by molar-refractivity contribution is -0.143. The second-order valence-corrected chi connectivity index (χ2v) is 25.3. The molecule has 0 aliphatic carbocycles. The molecule has 0 aromatic heterocycles. The molecule has 3 N–H and O–H groups in total. The first-order valence-electron chi connectivity index (χ1n) is 36.4. The molecule has 0 heterocycles. The maximum Gasteiger partial charge on any atom is 0.305 e. The smallest absolute Gasteiger partial charge is 0.305 e. The molecular weight excluding hydrogens is 971 g/mol. The van der Waals surface area contributed by atoms with Gasteiger partial charge in [0.05, 0.1) is 25.4 Å². The lowest BCUT2D eigenvalue weighted by Gasteiger charge is -2.22. The van der Waals surface area contributed by atoms with E-state index >= 15 is 0 Å². The predicted octanol–water partition coefficient (Wildman–Crippen LogP) is 23.5. The van der Waals surface area contributed by atoms with E-state index in [0.717, 1.165) is 38.5 Å². The molecule has 0 saturated heterocycles. The van der Waals surface area contributed by atoms with Crippen molar-refractivity contribution < 1.29 is 24.5 Å². The maximum atomic E-state index is 12.5. The molecule has 0 aromatic carbocycles. The van der Waals surface area contributed by atoms with Crippen molar-refractivity contribution in [3.8, 4) is 0 Å². The number of ether oxygens (including phenoxy) is 1. The average Bonchev–Trinajstić information content (AvgIpc) is 3.45. The van der Waals surface area contributed by atoms with Gasteiger partial charge in [-0.3, -0.25) is 9.59 Å². The first-order valence-corrected chi connectivity index (χ1v) is 36.4. The Kier molecular flexibility index (Phi) is 67.9. The van der Waals surface area contributed by atoms with E-state index in [-0.39, 0.29) is 18.5 Å². The molecule has 1 amide bonds. The molecule has 2 unspecified atom stereocenters. The zero-order valence-electron chi connectivity index (χ0n) is 53.9. The summed E-state index contributed by atoms with van der Waals surface area (Å²) in [6, 6.07) is -0.538. The van der Waals surface area contributed by atoms with E-state index in [9.17, 15) is 19.8 Å². The third-order valence-corrected chi connectivity index (χ3v) is 17.3. The van der Waals surface area contributed by atoms with Gasteiger partial charge in [-0.15, -0.1) is 0 Å². The normalized spacial score (nSPS) is 12.5. The van der Waals surface area contributed by atoms with Crippen LogP contribution in [0.1, 0.15) is 418 Å². The minimum atomic E-state index is -0.661. The summed E-state index contributed by atoms with van der Waals surface area (Å²) in [5, 5.41) is 23.3. The molecule has 6 nitrogen and oxygen atoms in total. The summed E-state index contributed by atoms with van der Waals surface area (Å²) >= 11 is 0. The molecule has 2 atom stereocenters. The Morgan fingerprint density at radius 3 is 0.899 bits per heavy atom. The van der Waals surface area contributed by atoms with Gasteiger partial charge in [-0.1, -0.05) is 366 Å². The van der Waals surface area contributed by atoms with E-state index in [1.165, 1.54) is 347 Å². The van der Waals surface area contributed by atoms with Gasteiger partial charge in [0.2, 0.25) is 5.91 Å². The molecule has 6 heteroatoms. The van der Waals surface area contributed by atoms with Crippen molar-refractivity contribution >= 4 is 11.9 Å². The number of allylic oxidation sites excluding steroid dienone is 2. The number of aliphatic hydroxyl groups excluding tert-OH is 2. The number of amides is 1. The SMILES string of the molecule is CCCCCCCCCCCCCCCCCCCC(=O)OCCCCCCCCCCCCCC/C=C\CCCCCCCCCCCCCCCCCCC(=O)NC(CO)C(O)CCCCCCCCCCCCCCC. The maximum absolute atomic E-state index is 12.5. The molecule has 0 saturated carbocycles. The Morgan fingerprint density at radius 1 is 0.342 bits per heavy atom. The van der Waals surface area contributed by atoms with Crippen LogP contribution in [-0.2, 0) is 14.3 Å². The van der Waals surface area contributed by atoms with Crippen LogP contribution in [0, 0.1) is 0 Å². The third-order valence-electron chi connectivity index (χ3n) is 17.3. The molecule has 0 aliphatic heterocycles. The van der Waals surface area contributed by atoms with Gasteiger partial charge >= 0.3 is 5.97 Å². The van der Waals surface area contributed by atoms with Gasteiger partial charge in [0.25, 0.3) is 0 Å². The van der Waals surface area contributed by atoms with Crippen LogP contribution in [-0.4, -0.2) is 47.4 Å². The number of esters is 1. The number of rotatable bonds is 69. The molecule has 0 spiro atoms. The molecule has 0 radical (unpaired) electrons. The highest BCUT2D eigenvalue weighted by atomic mass is 16.5. The van der Waals surface area contributed by atoms with E-state index in [1.807, 2.05) is 0 Å². The van der Waals surface area contributed by atoms with E-state index < -0.39 is 12.1 Å². The highest BCUT2D eigenvalue weighted by Crippen LogP contribution is 2.19. The largest absolute Gasteiger partial charge is 0.466 e. The van der Waals surface area contributed by atoms with E-state index in [2.05, 4.69) is 31.3 Å². The van der Waals surface area contributed by atoms with Gasteiger partial charge in [-0.25, -0.2) is 0 Å². The Morgan fingerprint density at radius 2 is 0.595 bits per heavy atom. The van der Waals surface area contributed by atoms with Crippen LogP contribution >= 0.6 is 0 Å². The monoisotopic (exact) mass is 1110 g/mol. The zero-order chi connectivity index (χ0) is 57.1. The summed E-state index contributed by atoms with van der Waals surface area (Å²) in [6.45, 7) is 4.99. The van der Waals surface area contributed by atoms with Gasteiger partial charge in [0.15, 0.2) is 0 Å². The number of unbranched alkanes of at least 4 members (excludes halogenated alkanes) is 56. The Labute approximate surface area is 495 Å². The Hall–Kier alpha value is -1.40. The van der Waals surface area contributed by atoms with E-state index in [0.29, 0.717) is 25.9 Å². The summed E-state index contributed by atoms with van der Waals surface area (Å²) in [5.41, 5.74) is 0. The van der Waals surface area contributed by atoms with Crippen LogP contribution < -0.4 is 5.32 Å². The standard InChI is InChI=1S/C73H143NO5/c1-3-5-7-9-11-13-15-17-18-35-39-43-47-51-55-59-63-67-73(78)79-68-64-60-56-52-48-44-40-37-34-32-30-28-26-24-22-20-19-21-23-25-27-29-31-33-36-38-42-46-50-54-58-62-66-72(77)74-70(69-75)71(76)65-61-57-53-49-45-41-16-14-12-10-8-6-4-2/h22,24,70-71,75-76H,3-21,23,25-69H2,1-2H3,(H,74,77)/b24-22-. The lowest BCUT2D eigenvalue weighted by atomic mass is 10.0. The van der Waals surface area contributed by atoms with Crippen molar-refractivity contribution in [1.29, 1.82) is 0 Å². The minimum Gasteiger partial charge on any atom is -0.466 e. The second kappa shape index (κ2) is 69.1. The van der Waals surface area contributed by atoms with Crippen LogP contribution in [0.2, 0.25) is 0 Å². The van der Waals surface area contributed by atoms with E-state index in [4.69, 9.17) is 4.74 Å². The fourth-order valence-electron chi connectivity index (χ4n) is 11.8. The number of hydrogen-bond acceptors (Lipinski definition) is 5. The molecule has 0 aliphatic rings. The van der Waals surface area contributed by atoms with Crippen molar-refractivity contribution in [2.75, 3.05) is 13.2 Å². The number of nitrogens with one attached hydrogen (secondary N) is 1. The number of aliphatic hydroxyl groups is 2. The molecule has 0 aromatic rings. The third kappa shape index (κ3) is 65.6. The van der Waals surface area contributed by atoms with Crippen LogP contribution in [0.25, 0.3) is 0 Å². The fraction of sp³-hybridized carbons (Fsp3) is 0.945. The fourth-order valence-corrected chi connectivity index (χ4v) is 11.8. The van der Waals surface area contributed by atoms with E-state index in [1.54, 1.807) is 0 Å². The zero-order valence-corrected chi connectivity index (χ0v) is 53.9. The molecule has 0 rings (SSSR count). The summed E-state index contributed by atoms with van der Waals surface area (Å²) in [5.74, 6) is -0.00664. The van der Waals surface area contributed by atoms with Crippen LogP contribution in [0.3, 0.4) is 0 Å². The van der Waals surface area contributed by atoms with Gasteiger partial charge in [0, 0.05) is 12.8 Å². The number of carbonyl (C=O) groups is 2. The number of carbonyl (C=O) groups excluding carboxylic acids is 2. The molecule has 470 valence electrons. The Bertz CT molecular complexity index is 1190. The average molecular weight is 1110 g/mol. The van der Waals surface area contributed by atoms with Crippen molar-refractivity contribution in [2.45, 2.75) is 431 Å². The summed E-state index contributed by atoms with van der Waals surface area (Å²) in [7, 11) is 0. The van der Waals surface area contributed by atoms with Crippen LogP contribution in [0.5, 0.6) is 0 Å². The topological polar surface area (TPSA) is 95.9 Å². The summed E-state index contributed by atoms with van der Waals surface area (Å²) in [6.07, 6.45) is 85.7. The first kappa shape index (κ1) is 77.6. The van der Waals surface area contributed by atoms with Crippen molar-refractivity contribution in [1.82, 2.24) is 5.32 Å². The van der Waals surface area contributed by atoms with Crippen molar-refractivity contribution in [2.24, 2.45) is 0 Å². The van der Waals surface area contributed by atoms with Crippen LogP contribution in [0.4, 0.5) is 0 Å². The highest BCUT2D eigenvalue weighted by molar-refractivity contribution is 5.76. The first-order chi connectivity index (χ1) is 39.0. The second-order valence-electron chi connectivity index (χ2n) is 25.3. The van der Waals surface area contributed by atoms with Crippen molar-refractivity contribution in [3.05, 3.63) is 12.2 Å². The molecule has 0 bridgehead atoms.